The first-order valence-corrected chi connectivity index (χ1v) is 5.05. The van der Waals surface area contributed by atoms with Gasteiger partial charge in [0.05, 0.1) is 11.5 Å². The number of hydrogen-bond donors (Lipinski definition) is 1. The molecule has 0 saturated heterocycles. The predicted molar refractivity (Wildman–Crippen MR) is 59.8 cm³/mol. The minimum Gasteiger partial charge on any atom is -0.477 e. The van der Waals surface area contributed by atoms with Crippen LogP contribution in [0.1, 0.15) is 16.8 Å². The average Bonchev–Trinajstić information content (AvgIpc) is 2.34. The fraction of sp³-hybridized carbons (Fsp3) is 0.400. The molecule has 0 aliphatic heterocycles. The van der Waals surface area contributed by atoms with Gasteiger partial charge in [0.1, 0.15) is 11.8 Å². The predicted octanol–water partition coefficient (Wildman–Crippen LogP) is 1.10. The van der Waals surface area contributed by atoms with Crippen molar-refractivity contribution in [1.82, 2.24) is 4.98 Å². The van der Waals surface area contributed by atoms with Crippen molar-refractivity contribution in [2.75, 3.05) is 20.3 Å². The standard InChI is InChI=1S/C10H12N2O6/c1-17-3-2-4-18-9-8(10(13)14)5-7(6-11-9)12(15)16/h5-6H,2-4H2,1H3,(H,13,14). The number of carbonyl (C=O) groups is 1. The van der Waals surface area contributed by atoms with Crippen molar-refractivity contribution in [3.05, 3.63) is 27.9 Å². The largest absolute Gasteiger partial charge is 0.477 e. The molecule has 1 aromatic rings. The van der Waals surface area contributed by atoms with Gasteiger partial charge >= 0.3 is 5.97 Å². The molecular weight excluding hydrogens is 244 g/mol. The topological polar surface area (TPSA) is 112 Å². The van der Waals surface area contributed by atoms with Gasteiger partial charge in [-0.15, -0.1) is 0 Å². The Kier molecular flexibility index (Phi) is 5.00. The van der Waals surface area contributed by atoms with Crippen LogP contribution in [-0.4, -0.2) is 41.3 Å². The van der Waals surface area contributed by atoms with Crippen molar-refractivity contribution in [2.45, 2.75) is 6.42 Å². The summed E-state index contributed by atoms with van der Waals surface area (Å²) in [6.07, 6.45) is 1.52. The third-order valence-electron chi connectivity index (χ3n) is 2.01. The number of hydrogen-bond acceptors (Lipinski definition) is 6. The SMILES string of the molecule is COCCCOc1ncc([N+](=O)[O-])cc1C(=O)O. The van der Waals surface area contributed by atoms with Crippen LogP contribution in [-0.2, 0) is 4.74 Å². The molecule has 0 aliphatic rings. The number of nitro groups is 1. The van der Waals surface area contributed by atoms with Crippen LogP contribution in [0.2, 0.25) is 0 Å². The number of ether oxygens (including phenoxy) is 2. The van der Waals surface area contributed by atoms with Gasteiger partial charge in [0.25, 0.3) is 5.69 Å². The van der Waals surface area contributed by atoms with Crippen molar-refractivity contribution in [3.63, 3.8) is 0 Å². The summed E-state index contributed by atoms with van der Waals surface area (Å²) >= 11 is 0. The molecule has 0 fully saturated rings. The average molecular weight is 256 g/mol. The van der Waals surface area contributed by atoms with Crippen LogP contribution in [0.25, 0.3) is 0 Å². The minimum absolute atomic E-state index is 0.135. The molecule has 0 aliphatic carbocycles. The van der Waals surface area contributed by atoms with Crippen molar-refractivity contribution in [1.29, 1.82) is 0 Å². The molecule has 0 spiro atoms. The zero-order valence-corrected chi connectivity index (χ0v) is 9.66. The maximum atomic E-state index is 10.9. The third kappa shape index (κ3) is 3.67. The van der Waals surface area contributed by atoms with E-state index in [-0.39, 0.29) is 18.1 Å². The molecule has 1 N–H and O–H groups in total. The van der Waals surface area contributed by atoms with E-state index in [0.29, 0.717) is 13.0 Å². The van der Waals surface area contributed by atoms with Crippen molar-refractivity contribution >= 4 is 11.7 Å². The first-order valence-electron chi connectivity index (χ1n) is 5.05. The summed E-state index contributed by atoms with van der Waals surface area (Å²) in [5.74, 6) is -1.46. The Morgan fingerprint density at radius 2 is 2.28 bits per heavy atom. The van der Waals surface area contributed by atoms with E-state index in [1.807, 2.05) is 0 Å². The van der Waals surface area contributed by atoms with Crippen LogP contribution < -0.4 is 4.74 Å². The van der Waals surface area contributed by atoms with Gasteiger partial charge in [0.2, 0.25) is 5.88 Å². The maximum Gasteiger partial charge on any atom is 0.341 e. The molecule has 1 aromatic heterocycles. The summed E-state index contributed by atoms with van der Waals surface area (Å²) in [5, 5.41) is 19.4. The second-order valence-electron chi connectivity index (χ2n) is 3.30. The van der Waals surface area contributed by atoms with Gasteiger partial charge in [-0.25, -0.2) is 9.78 Å². The molecule has 8 heteroatoms. The normalized spacial score (nSPS) is 10.1. The zero-order valence-electron chi connectivity index (χ0n) is 9.66. The van der Waals surface area contributed by atoms with Gasteiger partial charge in [-0.1, -0.05) is 0 Å². The van der Waals surface area contributed by atoms with Crippen molar-refractivity contribution < 1.29 is 24.3 Å². The monoisotopic (exact) mass is 256 g/mol. The van der Waals surface area contributed by atoms with Crippen molar-refractivity contribution in [3.8, 4) is 5.88 Å². The van der Waals surface area contributed by atoms with Crippen LogP contribution in [0.15, 0.2) is 12.3 Å². The number of aromatic carboxylic acids is 1. The Bertz CT molecular complexity index is 448. The van der Waals surface area contributed by atoms with E-state index in [2.05, 4.69) is 4.98 Å². The molecule has 1 rings (SSSR count). The summed E-state index contributed by atoms with van der Waals surface area (Å²) in [7, 11) is 1.53. The Labute approximate surface area is 102 Å². The summed E-state index contributed by atoms with van der Waals surface area (Å²) < 4.78 is 9.94. The lowest BCUT2D eigenvalue weighted by Gasteiger charge is -2.07. The van der Waals surface area contributed by atoms with E-state index in [9.17, 15) is 14.9 Å². The molecule has 0 radical (unpaired) electrons. The van der Waals surface area contributed by atoms with Gasteiger partial charge < -0.3 is 14.6 Å². The Morgan fingerprint density at radius 3 is 2.83 bits per heavy atom. The number of aromatic nitrogens is 1. The van der Waals surface area contributed by atoms with Crippen LogP contribution in [0, 0.1) is 10.1 Å². The highest BCUT2D eigenvalue weighted by Crippen LogP contribution is 2.21. The van der Waals surface area contributed by atoms with Crippen LogP contribution in [0.4, 0.5) is 5.69 Å². The quantitative estimate of drug-likeness (QED) is 0.441. The smallest absolute Gasteiger partial charge is 0.341 e. The van der Waals surface area contributed by atoms with E-state index in [0.717, 1.165) is 12.3 Å². The number of nitrogens with zero attached hydrogens (tertiary/aromatic N) is 2. The van der Waals surface area contributed by atoms with E-state index in [1.54, 1.807) is 0 Å². The molecule has 0 amide bonds. The minimum atomic E-state index is -1.33. The molecule has 0 aromatic carbocycles. The number of carboxylic acid groups (broad SMARTS) is 1. The number of rotatable bonds is 7. The molecule has 18 heavy (non-hydrogen) atoms. The Hall–Kier alpha value is -2.22. The highest BCUT2D eigenvalue weighted by atomic mass is 16.6. The third-order valence-corrected chi connectivity index (χ3v) is 2.01. The Balaban J connectivity index is 2.83. The lowest BCUT2D eigenvalue weighted by Crippen LogP contribution is -2.08. The molecular formula is C10H12N2O6. The summed E-state index contributed by atoms with van der Waals surface area (Å²) in [5.41, 5.74) is -0.724. The Morgan fingerprint density at radius 1 is 1.56 bits per heavy atom. The lowest BCUT2D eigenvalue weighted by atomic mass is 10.2. The van der Waals surface area contributed by atoms with E-state index in [1.165, 1.54) is 7.11 Å². The van der Waals surface area contributed by atoms with Crippen LogP contribution >= 0.6 is 0 Å². The van der Waals surface area contributed by atoms with Gasteiger partial charge in [-0.3, -0.25) is 10.1 Å². The second kappa shape index (κ2) is 6.50. The van der Waals surface area contributed by atoms with Crippen LogP contribution in [0.3, 0.4) is 0 Å². The summed E-state index contributed by atoms with van der Waals surface area (Å²) in [4.78, 5) is 24.3. The molecule has 0 atom stereocenters. The molecule has 0 saturated carbocycles. The maximum absolute atomic E-state index is 10.9. The van der Waals surface area contributed by atoms with E-state index >= 15 is 0 Å². The molecule has 8 nitrogen and oxygen atoms in total. The number of carboxylic acids is 1. The summed E-state index contributed by atoms with van der Waals surface area (Å²) in [6.45, 7) is 0.689. The van der Waals surface area contributed by atoms with Crippen molar-refractivity contribution in [2.24, 2.45) is 0 Å². The molecule has 1 heterocycles. The fourth-order valence-corrected chi connectivity index (χ4v) is 1.18. The molecule has 0 unspecified atom stereocenters. The molecule has 98 valence electrons. The lowest BCUT2D eigenvalue weighted by molar-refractivity contribution is -0.385. The second-order valence-corrected chi connectivity index (χ2v) is 3.30. The van der Waals surface area contributed by atoms with E-state index in [4.69, 9.17) is 14.6 Å². The van der Waals surface area contributed by atoms with Gasteiger partial charge in [0, 0.05) is 26.2 Å². The number of pyridine rings is 1. The van der Waals surface area contributed by atoms with Gasteiger partial charge in [-0.2, -0.15) is 0 Å². The summed E-state index contributed by atoms with van der Waals surface area (Å²) in [6, 6.07) is 0.918. The first-order chi connectivity index (χ1) is 8.56. The highest BCUT2D eigenvalue weighted by molar-refractivity contribution is 5.90. The highest BCUT2D eigenvalue weighted by Gasteiger charge is 2.18. The van der Waals surface area contributed by atoms with E-state index < -0.39 is 16.6 Å². The fourth-order valence-electron chi connectivity index (χ4n) is 1.18. The van der Waals surface area contributed by atoms with Gasteiger partial charge in [0.15, 0.2) is 0 Å². The van der Waals surface area contributed by atoms with Gasteiger partial charge in [-0.05, 0) is 0 Å². The zero-order chi connectivity index (χ0) is 13.5. The number of methoxy groups -OCH3 is 1. The first kappa shape index (κ1) is 13.8. The molecule has 0 bridgehead atoms. The van der Waals surface area contributed by atoms with Crippen LogP contribution in [0.5, 0.6) is 5.88 Å².